The van der Waals surface area contributed by atoms with Crippen LogP contribution in [-0.2, 0) is 72.9 Å². The standard InChI is InChI=1S/C17H16FNO.C15H11F4NO3S.C3H5BrO.C3H5O.BrH.Zn/c1-11(20)9-16-14-4-2-3-12(14)5-6-15(16)13-7-8-19-17(18)10-13;16-13-8-10(6-7-20-13)12-5-4-9-2-1-3-11(9)14(12)23-24(21,22)15(17,18)19;1-3(5)2-4;1-3(2)4;;/h5-8,10H,2-4,9H2,1H3;4-8H,1-3H2;2H2,1H3;1H2,2H3;1H;/q;;;-1;;+2/p-1. The summed E-state index contributed by atoms with van der Waals surface area (Å²) in [6.45, 7) is 7.56. The number of hydrogen-bond acceptors (Lipinski definition) is 8. The van der Waals surface area contributed by atoms with Crippen molar-refractivity contribution in [1.82, 2.24) is 9.97 Å². The number of halogens is 7. The van der Waals surface area contributed by atoms with Crippen LogP contribution in [0.1, 0.15) is 61.4 Å². The van der Waals surface area contributed by atoms with Gasteiger partial charge in [-0.3, -0.25) is 9.59 Å². The van der Waals surface area contributed by atoms with Crippen LogP contribution in [0.15, 0.2) is 60.9 Å². The van der Waals surface area contributed by atoms with E-state index in [0.717, 1.165) is 53.8 Å². The summed E-state index contributed by atoms with van der Waals surface area (Å²) in [4.78, 5) is 37.6. The van der Waals surface area contributed by atoms with Gasteiger partial charge in [-0.25, -0.2) is 9.97 Å². The van der Waals surface area contributed by atoms with Gasteiger partial charge in [-0.1, -0.05) is 40.2 Å². The molecule has 8 nitrogen and oxygen atoms in total. The first-order valence-electron chi connectivity index (χ1n) is 16.5. The quantitative estimate of drug-likeness (QED) is 0.0342. The average molecular weight is 970 g/mol. The second kappa shape index (κ2) is 22.4. The second-order valence-electron chi connectivity index (χ2n) is 12.2. The Labute approximate surface area is 342 Å². The van der Waals surface area contributed by atoms with Crippen molar-refractivity contribution in [3.8, 4) is 28.0 Å². The molecule has 2 aliphatic rings. The van der Waals surface area contributed by atoms with Gasteiger partial charge < -0.3 is 15.9 Å². The molecule has 0 saturated heterocycles. The molecule has 0 unspecified atom stereocenters. The van der Waals surface area contributed by atoms with Gasteiger partial charge in [-0.15, -0.1) is 0 Å². The number of hydrogen-bond donors (Lipinski definition) is 0. The number of benzene rings is 2. The third-order valence-electron chi connectivity index (χ3n) is 7.80. The van der Waals surface area contributed by atoms with Crippen molar-refractivity contribution < 1.29 is 65.3 Å². The number of carbonyl (C=O) groups is 3. The predicted octanol–water partition coefficient (Wildman–Crippen LogP) is 9.34. The average Bonchev–Trinajstić information content (AvgIpc) is 3.80. The Hall–Kier alpha value is -3.40. The van der Waals surface area contributed by atoms with E-state index in [0.29, 0.717) is 36.6 Å². The molecule has 2 aromatic heterocycles. The zero-order valence-corrected chi connectivity index (χ0v) is 37.2. The van der Waals surface area contributed by atoms with E-state index in [1.807, 2.05) is 6.07 Å². The van der Waals surface area contributed by atoms with Gasteiger partial charge in [0.05, 0.1) is 5.33 Å². The van der Waals surface area contributed by atoms with Gasteiger partial charge in [0.15, 0.2) is 5.75 Å². The number of aryl methyl sites for hydroxylation is 2. The number of ketones is 3. The molecule has 2 aromatic carbocycles. The van der Waals surface area contributed by atoms with E-state index in [1.54, 1.807) is 19.1 Å². The third kappa shape index (κ3) is 14.6. The fraction of sp³-hybridized carbons (Fsp3) is 0.316. The Morgan fingerprint density at radius 1 is 0.782 bits per heavy atom. The molecule has 0 radical (unpaired) electrons. The number of carbonyl (C=O) groups excluding carboxylic acids is 3. The van der Waals surface area contributed by atoms with Gasteiger partial charge in [-0.05, 0) is 122 Å². The molecule has 0 amide bonds. The number of aromatic nitrogens is 2. The van der Waals surface area contributed by atoms with Crippen LogP contribution >= 0.6 is 29.6 Å². The van der Waals surface area contributed by atoms with E-state index in [9.17, 15) is 44.8 Å². The second-order valence-corrected chi connectivity index (χ2v) is 14.2. The van der Waals surface area contributed by atoms with E-state index in [-0.39, 0.29) is 28.5 Å². The molecular weight excluding hydrogens is 933 g/mol. The Bertz CT molecular complexity index is 2080. The molecule has 0 spiro atoms. The summed E-state index contributed by atoms with van der Waals surface area (Å²) in [5.74, 6) is -1.49. The molecule has 0 N–H and O–H groups in total. The van der Waals surface area contributed by atoms with Crippen LogP contribution in [0.3, 0.4) is 0 Å². The number of rotatable bonds is 7. The number of pyridine rings is 2. The van der Waals surface area contributed by atoms with E-state index < -0.39 is 33.3 Å². The normalized spacial score (nSPS) is 12.4. The first-order valence-corrected chi connectivity index (χ1v) is 26.0. The van der Waals surface area contributed by atoms with Crippen molar-refractivity contribution in [2.24, 2.45) is 0 Å². The van der Waals surface area contributed by atoms with Gasteiger partial charge in [0.25, 0.3) is 0 Å². The Morgan fingerprint density at radius 2 is 1.22 bits per heavy atom. The van der Waals surface area contributed by atoms with Crippen molar-refractivity contribution in [3.05, 3.63) is 108 Å². The number of alkyl halides is 4. The van der Waals surface area contributed by atoms with Crippen molar-refractivity contribution in [3.63, 3.8) is 0 Å². The number of Topliss-reactive ketones (excluding diaryl/α,β-unsaturated/α-hetero) is 3. The molecule has 0 aliphatic heterocycles. The molecule has 292 valence electrons. The SMILES string of the molecule is CC(=O)CBr.CC(=O)Cc1c(-c2ccnc(F)c2)ccc2c1CCC2.O=S(=O)(Oc1c(-c2ccnc(F)c2)ccc2c1CCC2)C(F)(F)F.[CH2-]C(C)=O.[Zn+][Br]. The van der Waals surface area contributed by atoms with Gasteiger partial charge >= 0.3 is 45.6 Å². The van der Waals surface area contributed by atoms with Gasteiger partial charge in [0.1, 0.15) is 11.6 Å². The van der Waals surface area contributed by atoms with Gasteiger partial charge in [0, 0.05) is 36.5 Å². The van der Waals surface area contributed by atoms with E-state index in [2.05, 4.69) is 56.7 Å². The number of nitrogens with zero attached hydrogens (tertiary/aromatic N) is 2. The molecule has 55 heavy (non-hydrogen) atoms. The summed E-state index contributed by atoms with van der Waals surface area (Å²) < 4.78 is 92.1. The first kappa shape index (κ1) is 47.8. The fourth-order valence-electron chi connectivity index (χ4n) is 5.72. The zero-order chi connectivity index (χ0) is 41.5. The zero-order valence-electron chi connectivity index (χ0n) is 30.2. The molecule has 0 bridgehead atoms. The van der Waals surface area contributed by atoms with Crippen LogP contribution in [0.4, 0.5) is 22.0 Å². The van der Waals surface area contributed by atoms with Crippen molar-refractivity contribution in [2.45, 2.75) is 71.2 Å². The van der Waals surface area contributed by atoms with Crippen molar-refractivity contribution >= 4 is 57.0 Å². The summed E-state index contributed by atoms with van der Waals surface area (Å²) >= 11 is 7.21. The predicted molar refractivity (Wildman–Crippen MR) is 203 cm³/mol. The maximum atomic E-state index is 13.3. The number of fused-ring (bicyclic) bond motifs is 2. The van der Waals surface area contributed by atoms with Crippen LogP contribution in [0.25, 0.3) is 22.3 Å². The molecule has 0 atom stereocenters. The van der Waals surface area contributed by atoms with E-state index >= 15 is 0 Å². The van der Waals surface area contributed by atoms with Crippen LogP contribution in [-0.4, -0.2) is 46.6 Å². The van der Waals surface area contributed by atoms with Crippen LogP contribution in [0.5, 0.6) is 5.75 Å². The summed E-state index contributed by atoms with van der Waals surface area (Å²) in [6, 6.07) is 12.8. The Morgan fingerprint density at radius 3 is 1.65 bits per heavy atom. The first-order chi connectivity index (χ1) is 25.8. The molecule has 17 heteroatoms. The van der Waals surface area contributed by atoms with Gasteiger partial charge in [-0.2, -0.15) is 30.4 Å². The maximum absolute atomic E-state index is 13.3. The summed E-state index contributed by atoms with van der Waals surface area (Å²) in [5.41, 5.74) is 1.28. The van der Waals surface area contributed by atoms with Crippen LogP contribution in [0, 0.1) is 18.8 Å². The fourth-order valence-corrected chi connectivity index (χ4v) is 6.22. The molecule has 2 heterocycles. The van der Waals surface area contributed by atoms with Gasteiger partial charge in [0.2, 0.25) is 11.9 Å². The van der Waals surface area contributed by atoms with Crippen LogP contribution < -0.4 is 4.18 Å². The minimum atomic E-state index is -5.82. The van der Waals surface area contributed by atoms with Crippen molar-refractivity contribution in [2.75, 3.05) is 5.33 Å². The summed E-state index contributed by atoms with van der Waals surface area (Å²) in [7, 11) is -5.82. The molecule has 4 aromatic rings. The Kier molecular flexibility index (Phi) is 19.4. The van der Waals surface area contributed by atoms with Crippen LogP contribution in [0.2, 0.25) is 0 Å². The molecule has 2 aliphatic carbocycles. The third-order valence-corrected chi connectivity index (χ3v) is 9.54. The Balaban J connectivity index is 0.000000303. The topological polar surface area (TPSA) is 120 Å². The molecule has 6 rings (SSSR count). The van der Waals surface area contributed by atoms with E-state index in [1.165, 1.54) is 65.7 Å². The molecule has 0 fully saturated rings. The molecular formula is C38H37Br2F5N2O6SZn. The summed E-state index contributed by atoms with van der Waals surface area (Å²) in [5, 5.41) is 0.479. The monoisotopic (exact) mass is 966 g/mol. The minimum absolute atomic E-state index is 0.0739. The van der Waals surface area contributed by atoms with Crippen molar-refractivity contribution in [1.29, 1.82) is 0 Å². The summed E-state index contributed by atoms with van der Waals surface area (Å²) in [6.07, 6.45) is 7.92. The molecule has 0 saturated carbocycles. The van der Waals surface area contributed by atoms with E-state index in [4.69, 9.17) is 0 Å².